The number of unbranched alkanes of at least 4 members (excludes halogenated alkanes) is 1. The van der Waals surface area contributed by atoms with Crippen molar-refractivity contribution < 1.29 is 14.3 Å². The van der Waals surface area contributed by atoms with Gasteiger partial charge in [-0.15, -0.1) is 0 Å². The van der Waals surface area contributed by atoms with Crippen LogP contribution in [0, 0.1) is 0 Å². The van der Waals surface area contributed by atoms with E-state index in [1.807, 2.05) is 24.3 Å². The van der Waals surface area contributed by atoms with Gasteiger partial charge in [0.2, 0.25) is 0 Å². The van der Waals surface area contributed by atoms with Crippen LogP contribution in [-0.4, -0.2) is 30.1 Å². The zero-order chi connectivity index (χ0) is 24.2. The van der Waals surface area contributed by atoms with Crippen LogP contribution in [0.5, 0.6) is 5.75 Å². The van der Waals surface area contributed by atoms with Crippen LogP contribution in [0.25, 0.3) is 0 Å². The molecule has 0 aliphatic carbocycles. The molecular weight excluding hydrogens is 446 g/mol. The summed E-state index contributed by atoms with van der Waals surface area (Å²) in [6.07, 6.45) is 2.72. The summed E-state index contributed by atoms with van der Waals surface area (Å²) in [7, 11) is 0. The first-order valence-electron chi connectivity index (χ1n) is 11.3. The molecule has 2 amide bonds. The van der Waals surface area contributed by atoms with Crippen molar-refractivity contribution in [3.63, 3.8) is 0 Å². The van der Waals surface area contributed by atoms with Crippen LogP contribution in [0.3, 0.4) is 0 Å². The number of thiocarbonyl (C=S) groups is 1. The Balaban J connectivity index is 1.51. The van der Waals surface area contributed by atoms with Gasteiger partial charge in [0, 0.05) is 29.8 Å². The Hall–Kier alpha value is -3.71. The summed E-state index contributed by atoms with van der Waals surface area (Å²) in [5.41, 5.74) is 2.77. The largest absolute Gasteiger partial charge is 0.493 e. The number of ether oxygens (including phenoxy) is 1. The van der Waals surface area contributed by atoms with E-state index in [9.17, 15) is 9.59 Å². The molecular formula is C27H29N3O3S. The summed E-state index contributed by atoms with van der Waals surface area (Å²) >= 11 is 5.29. The molecule has 3 rings (SSSR count). The Bertz CT molecular complexity index is 1120. The molecule has 3 aromatic rings. The van der Waals surface area contributed by atoms with Gasteiger partial charge in [-0.05, 0) is 60.6 Å². The van der Waals surface area contributed by atoms with Crippen LogP contribution in [-0.2, 0) is 6.42 Å². The second-order valence-electron chi connectivity index (χ2n) is 7.71. The third kappa shape index (κ3) is 8.01. The molecule has 0 spiro atoms. The summed E-state index contributed by atoms with van der Waals surface area (Å²) in [6.45, 7) is 3.22. The molecule has 3 aromatic carbocycles. The summed E-state index contributed by atoms with van der Waals surface area (Å²) in [5.74, 6) is 0.125. The maximum absolute atomic E-state index is 12.7. The van der Waals surface area contributed by atoms with Crippen molar-refractivity contribution in [1.29, 1.82) is 0 Å². The zero-order valence-corrected chi connectivity index (χ0v) is 20.0. The maximum Gasteiger partial charge on any atom is 0.257 e. The molecule has 0 bridgehead atoms. The molecule has 6 nitrogen and oxygen atoms in total. The van der Waals surface area contributed by atoms with Gasteiger partial charge < -0.3 is 15.4 Å². The lowest BCUT2D eigenvalue weighted by molar-refractivity contribution is 0.0950. The minimum atomic E-state index is -0.348. The number of rotatable bonds is 10. The third-order valence-electron chi connectivity index (χ3n) is 5.02. The molecule has 0 aliphatic heterocycles. The van der Waals surface area contributed by atoms with Crippen molar-refractivity contribution in [3.8, 4) is 5.75 Å². The normalized spacial score (nSPS) is 10.3. The van der Waals surface area contributed by atoms with Gasteiger partial charge in [-0.3, -0.25) is 14.9 Å². The van der Waals surface area contributed by atoms with E-state index in [1.165, 1.54) is 5.56 Å². The van der Waals surface area contributed by atoms with E-state index in [1.54, 1.807) is 42.5 Å². The molecule has 7 heteroatoms. The molecule has 34 heavy (non-hydrogen) atoms. The minimum Gasteiger partial charge on any atom is -0.493 e. The van der Waals surface area contributed by atoms with Crippen LogP contribution in [0.2, 0.25) is 0 Å². The first-order chi connectivity index (χ1) is 16.5. The standard InChI is InChI=1S/C27H29N3O3S/c1-2-3-16-28-25(31)21-11-7-13-23(18-21)29-27(34)30-26(32)22-12-8-14-24(19-22)33-17-15-20-9-5-4-6-10-20/h4-14,18-19H,2-3,15-17H2,1H3,(H,28,31)(H2,29,30,32,34). The van der Waals surface area contributed by atoms with Gasteiger partial charge in [0.05, 0.1) is 6.61 Å². The molecule has 0 unspecified atom stereocenters. The highest BCUT2D eigenvalue weighted by Crippen LogP contribution is 2.15. The van der Waals surface area contributed by atoms with Crippen LogP contribution >= 0.6 is 12.2 Å². The van der Waals surface area contributed by atoms with Gasteiger partial charge in [-0.2, -0.15) is 0 Å². The van der Waals surface area contributed by atoms with E-state index in [0.717, 1.165) is 19.3 Å². The Labute approximate surface area is 205 Å². The van der Waals surface area contributed by atoms with E-state index >= 15 is 0 Å². The first-order valence-corrected chi connectivity index (χ1v) is 11.7. The average Bonchev–Trinajstić information content (AvgIpc) is 2.85. The van der Waals surface area contributed by atoms with Crippen molar-refractivity contribution in [2.75, 3.05) is 18.5 Å². The molecule has 3 N–H and O–H groups in total. The Morgan fingerprint density at radius 3 is 2.38 bits per heavy atom. The number of benzene rings is 3. The molecule has 176 valence electrons. The third-order valence-corrected chi connectivity index (χ3v) is 5.23. The fourth-order valence-electron chi connectivity index (χ4n) is 3.22. The minimum absolute atomic E-state index is 0.142. The Kier molecular flexibility index (Phi) is 9.61. The fraction of sp³-hybridized carbons (Fsp3) is 0.222. The van der Waals surface area contributed by atoms with Gasteiger partial charge in [-0.25, -0.2) is 0 Å². The van der Waals surface area contributed by atoms with E-state index in [2.05, 4.69) is 35.0 Å². The lowest BCUT2D eigenvalue weighted by Crippen LogP contribution is -2.34. The molecule has 0 heterocycles. The average molecular weight is 476 g/mol. The molecule has 0 radical (unpaired) electrons. The molecule has 0 atom stereocenters. The van der Waals surface area contributed by atoms with Crippen molar-refractivity contribution in [2.24, 2.45) is 0 Å². The molecule has 0 saturated heterocycles. The second-order valence-corrected chi connectivity index (χ2v) is 8.12. The monoisotopic (exact) mass is 475 g/mol. The van der Waals surface area contributed by atoms with Crippen molar-refractivity contribution in [1.82, 2.24) is 10.6 Å². The summed E-state index contributed by atoms with van der Waals surface area (Å²) in [4.78, 5) is 24.9. The maximum atomic E-state index is 12.7. The van der Waals surface area contributed by atoms with Crippen LogP contribution in [0.15, 0.2) is 78.9 Å². The SMILES string of the molecule is CCCCNC(=O)c1cccc(NC(=S)NC(=O)c2cccc(OCCc3ccccc3)c2)c1. The summed E-state index contributed by atoms with van der Waals surface area (Å²) < 4.78 is 5.81. The van der Waals surface area contributed by atoms with Crippen molar-refractivity contribution in [3.05, 3.63) is 95.6 Å². The lowest BCUT2D eigenvalue weighted by atomic mass is 10.1. The van der Waals surface area contributed by atoms with Gasteiger partial charge in [0.15, 0.2) is 5.11 Å². The highest BCUT2D eigenvalue weighted by atomic mass is 32.1. The predicted octanol–water partition coefficient (Wildman–Crippen LogP) is 4.96. The smallest absolute Gasteiger partial charge is 0.257 e. The Morgan fingerprint density at radius 2 is 1.62 bits per heavy atom. The molecule has 0 fully saturated rings. The number of amides is 2. The highest BCUT2D eigenvalue weighted by Gasteiger charge is 2.11. The fourth-order valence-corrected chi connectivity index (χ4v) is 3.43. The van der Waals surface area contributed by atoms with Gasteiger partial charge in [0.25, 0.3) is 11.8 Å². The number of anilines is 1. The first kappa shape index (κ1) is 24.9. The Morgan fingerprint density at radius 1 is 0.882 bits per heavy atom. The lowest BCUT2D eigenvalue weighted by Gasteiger charge is -2.12. The van der Waals surface area contributed by atoms with Crippen LogP contribution < -0.4 is 20.7 Å². The summed E-state index contributed by atoms with van der Waals surface area (Å²) in [6, 6.07) is 24.0. The van der Waals surface area contributed by atoms with Gasteiger partial charge >= 0.3 is 0 Å². The predicted molar refractivity (Wildman–Crippen MR) is 139 cm³/mol. The van der Waals surface area contributed by atoms with Crippen molar-refractivity contribution >= 4 is 34.8 Å². The van der Waals surface area contributed by atoms with Crippen LogP contribution in [0.1, 0.15) is 46.0 Å². The quantitative estimate of drug-likeness (QED) is 0.285. The number of carbonyl (C=O) groups is 2. The summed E-state index contributed by atoms with van der Waals surface area (Å²) in [5, 5.41) is 8.65. The number of nitrogens with one attached hydrogen (secondary N) is 3. The topological polar surface area (TPSA) is 79.5 Å². The number of hydrogen-bond donors (Lipinski definition) is 3. The van der Waals surface area contributed by atoms with E-state index in [4.69, 9.17) is 17.0 Å². The van der Waals surface area contributed by atoms with Crippen LogP contribution in [0.4, 0.5) is 5.69 Å². The molecule has 0 aromatic heterocycles. The zero-order valence-electron chi connectivity index (χ0n) is 19.2. The van der Waals surface area contributed by atoms with Crippen molar-refractivity contribution in [2.45, 2.75) is 26.2 Å². The van der Waals surface area contributed by atoms with E-state index < -0.39 is 0 Å². The van der Waals surface area contributed by atoms with E-state index in [0.29, 0.717) is 35.7 Å². The second kappa shape index (κ2) is 13.1. The van der Waals surface area contributed by atoms with Gasteiger partial charge in [0.1, 0.15) is 5.75 Å². The number of carbonyl (C=O) groups excluding carboxylic acids is 2. The molecule has 0 aliphatic rings. The molecule has 0 saturated carbocycles. The highest BCUT2D eigenvalue weighted by molar-refractivity contribution is 7.80. The number of hydrogen-bond acceptors (Lipinski definition) is 4. The van der Waals surface area contributed by atoms with Gasteiger partial charge in [-0.1, -0.05) is 55.8 Å². The van der Waals surface area contributed by atoms with E-state index in [-0.39, 0.29) is 16.9 Å².